The molecule has 1 unspecified atom stereocenters. The summed E-state index contributed by atoms with van der Waals surface area (Å²) in [7, 11) is 0. The summed E-state index contributed by atoms with van der Waals surface area (Å²) < 4.78 is 26.6. The Labute approximate surface area is 121 Å². The summed E-state index contributed by atoms with van der Waals surface area (Å²) in [5.74, 6) is -2.44. The van der Waals surface area contributed by atoms with Crippen molar-refractivity contribution in [3.63, 3.8) is 0 Å². The largest absolute Gasteiger partial charge is 0.478 e. The van der Waals surface area contributed by atoms with E-state index in [0.717, 1.165) is 11.6 Å². The van der Waals surface area contributed by atoms with Gasteiger partial charge in [0.25, 0.3) is 0 Å². The molecule has 5 heteroatoms. The average Bonchev–Trinajstić information content (AvgIpc) is 2.46. The SMILES string of the molecule is CCC(Nc1ccc(F)c(C(=O)O)c1)c1cccc(F)c1. The summed E-state index contributed by atoms with van der Waals surface area (Å²) >= 11 is 0. The van der Waals surface area contributed by atoms with Crippen molar-refractivity contribution in [1.29, 1.82) is 0 Å². The van der Waals surface area contributed by atoms with Crippen LogP contribution < -0.4 is 5.32 Å². The second-order valence-corrected chi connectivity index (χ2v) is 4.66. The van der Waals surface area contributed by atoms with Gasteiger partial charge in [-0.05, 0) is 42.3 Å². The van der Waals surface area contributed by atoms with Crippen molar-refractivity contribution in [2.45, 2.75) is 19.4 Å². The van der Waals surface area contributed by atoms with Crippen LogP contribution >= 0.6 is 0 Å². The van der Waals surface area contributed by atoms with Gasteiger partial charge in [0.15, 0.2) is 0 Å². The number of halogens is 2. The number of carbonyl (C=O) groups is 1. The lowest BCUT2D eigenvalue weighted by atomic mass is 10.0. The molecule has 0 aliphatic heterocycles. The molecule has 2 N–H and O–H groups in total. The van der Waals surface area contributed by atoms with Crippen LogP contribution in [0.3, 0.4) is 0 Å². The van der Waals surface area contributed by atoms with Crippen molar-refractivity contribution in [1.82, 2.24) is 0 Å². The molecule has 0 aliphatic rings. The lowest BCUT2D eigenvalue weighted by Gasteiger charge is -2.19. The van der Waals surface area contributed by atoms with Gasteiger partial charge >= 0.3 is 5.97 Å². The molecule has 2 aromatic rings. The lowest BCUT2D eigenvalue weighted by Crippen LogP contribution is -2.11. The van der Waals surface area contributed by atoms with Crippen LogP contribution in [0.1, 0.15) is 35.3 Å². The highest BCUT2D eigenvalue weighted by atomic mass is 19.1. The van der Waals surface area contributed by atoms with E-state index in [1.54, 1.807) is 12.1 Å². The second kappa shape index (κ2) is 6.35. The molecular formula is C16H15F2NO2. The standard InChI is InChI=1S/C16H15F2NO2/c1-2-15(10-4-3-5-11(17)8-10)19-12-6-7-14(18)13(9-12)16(20)21/h3-9,15,19H,2H2,1H3,(H,20,21). The third-order valence-corrected chi connectivity index (χ3v) is 3.20. The molecule has 0 amide bonds. The summed E-state index contributed by atoms with van der Waals surface area (Å²) in [5.41, 5.74) is 0.831. The van der Waals surface area contributed by atoms with Crippen molar-refractivity contribution >= 4 is 11.7 Å². The molecule has 0 saturated carbocycles. The Kier molecular flexibility index (Phi) is 4.52. The number of hydrogen-bond acceptors (Lipinski definition) is 2. The van der Waals surface area contributed by atoms with Gasteiger partial charge in [-0.2, -0.15) is 0 Å². The molecule has 0 heterocycles. The highest BCUT2D eigenvalue weighted by molar-refractivity contribution is 5.89. The van der Waals surface area contributed by atoms with Gasteiger partial charge < -0.3 is 10.4 Å². The Bertz CT molecular complexity index is 658. The summed E-state index contributed by atoms with van der Waals surface area (Å²) in [4.78, 5) is 10.9. The maximum absolute atomic E-state index is 13.4. The Hall–Kier alpha value is -2.43. The van der Waals surface area contributed by atoms with Crippen LogP contribution in [0.15, 0.2) is 42.5 Å². The molecule has 3 nitrogen and oxygen atoms in total. The predicted octanol–water partition coefficient (Wildman–Crippen LogP) is 4.23. The predicted molar refractivity (Wildman–Crippen MR) is 76.4 cm³/mol. The number of carboxylic acid groups (broad SMARTS) is 1. The highest BCUT2D eigenvalue weighted by Crippen LogP contribution is 2.24. The number of nitrogens with one attached hydrogen (secondary N) is 1. The summed E-state index contributed by atoms with van der Waals surface area (Å²) in [6, 6.07) is 9.79. The zero-order valence-electron chi connectivity index (χ0n) is 11.4. The molecule has 0 aliphatic carbocycles. The first-order valence-electron chi connectivity index (χ1n) is 6.56. The Balaban J connectivity index is 2.27. The fraction of sp³-hybridized carbons (Fsp3) is 0.188. The van der Waals surface area contributed by atoms with E-state index in [9.17, 15) is 13.6 Å². The third kappa shape index (κ3) is 3.56. The quantitative estimate of drug-likeness (QED) is 0.867. The van der Waals surface area contributed by atoms with Crippen molar-refractivity contribution in [2.24, 2.45) is 0 Å². The van der Waals surface area contributed by atoms with E-state index in [1.807, 2.05) is 6.92 Å². The van der Waals surface area contributed by atoms with E-state index in [-0.39, 0.29) is 11.9 Å². The Morgan fingerprint density at radius 3 is 2.62 bits per heavy atom. The zero-order chi connectivity index (χ0) is 15.4. The van der Waals surface area contributed by atoms with Crippen LogP contribution in [0.25, 0.3) is 0 Å². The van der Waals surface area contributed by atoms with Crippen molar-refractivity contribution in [3.8, 4) is 0 Å². The van der Waals surface area contributed by atoms with Crippen molar-refractivity contribution in [2.75, 3.05) is 5.32 Å². The van der Waals surface area contributed by atoms with E-state index < -0.39 is 17.3 Å². The monoisotopic (exact) mass is 291 g/mol. The minimum absolute atomic E-state index is 0.187. The maximum atomic E-state index is 13.4. The first kappa shape index (κ1) is 15.0. The van der Waals surface area contributed by atoms with Crippen LogP contribution in [0.5, 0.6) is 0 Å². The number of carboxylic acids is 1. The van der Waals surface area contributed by atoms with Gasteiger partial charge in [0.05, 0.1) is 11.6 Å². The maximum Gasteiger partial charge on any atom is 0.338 e. The van der Waals surface area contributed by atoms with Gasteiger partial charge in [-0.25, -0.2) is 13.6 Å². The smallest absolute Gasteiger partial charge is 0.338 e. The van der Waals surface area contributed by atoms with Gasteiger partial charge in [0.1, 0.15) is 11.6 Å². The van der Waals surface area contributed by atoms with E-state index in [4.69, 9.17) is 5.11 Å². The molecule has 2 rings (SSSR count). The fourth-order valence-corrected chi connectivity index (χ4v) is 2.12. The molecule has 110 valence electrons. The van der Waals surface area contributed by atoms with Gasteiger partial charge in [0, 0.05) is 5.69 Å². The molecule has 2 aromatic carbocycles. The number of hydrogen-bond donors (Lipinski definition) is 2. The number of aromatic carboxylic acids is 1. The van der Waals surface area contributed by atoms with Crippen LogP contribution in [0, 0.1) is 11.6 Å². The summed E-state index contributed by atoms with van der Waals surface area (Å²) in [6.45, 7) is 1.92. The number of anilines is 1. The van der Waals surface area contributed by atoms with Gasteiger partial charge in [0.2, 0.25) is 0 Å². The second-order valence-electron chi connectivity index (χ2n) is 4.66. The average molecular weight is 291 g/mol. The summed E-state index contributed by atoms with van der Waals surface area (Å²) in [5, 5.41) is 12.0. The van der Waals surface area contributed by atoms with E-state index in [1.165, 1.54) is 24.3 Å². The zero-order valence-corrected chi connectivity index (χ0v) is 11.4. The first-order valence-corrected chi connectivity index (χ1v) is 6.56. The number of benzene rings is 2. The van der Waals surface area contributed by atoms with E-state index in [2.05, 4.69) is 5.32 Å². The normalized spacial score (nSPS) is 12.0. The lowest BCUT2D eigenvalue weighted by molar-refractivity contribution is 0.0692. The molecule has 0 aromatic heterocycles. The minimum atomic E-state index is -1.32. The molecule has 0 radical (unpaired) electrons. The first-order chi connectivity index (χ1) is 10.0. The number of rotatable bonds is 5. The molecule has 0 bridgehead atoms. The molecule has 0 spiro atoms. The van der Waals surface area contributed by atoms with Crippen molar-refractivity contribution in [3.05, 3.63) is 65.2 Å². The van der Waals surface area contributed by atoms with Crippen LogP contribution in [0.4, 0.5) is 14.5 Å². The van der Waals surface area contributed by atoms with Crippen LogP contribution in [-0.2, 0) is 0 Å². The third-order valence-electron chi connectivity index (χ3n) is 3.20. The van der Waals surface area contributed by atoms with E-state index in [0.29, 0.717) is 12.1 Å². The highest BCUT2D eigenvalue weighted by Gasteiger charge is 2.14. The molecule has 1 atom stereocenters. The topological polar surface area (TPSA) is 49.3 Å². The van der Waals surface area contributed by atoms with Crippen molar-refractivity contribution < 1.29 is 18.7 Å². The Morgan fingerprint density at radius 2 is 2.00 bits per heavy atom. The van der Waals surface area contributed by atoms with Crippen LogP contribution in [-0.4, -0.2) is 11.1 Å². The van der Waals surface area contributed by atoms with Gasteiger partial charge in [-0.1, -0.05) is 19.1 Å². The molecule has 0 saturated heterocycles. The van der Waals surface area contributed by atoms with E-state index >= 15 is 0 Å². The minimum Gasteiger partial charge on any atom is -0.478 e. The molecular weight excluding hydrogens is 276 g/mol. The van der Waals surface area contributed by atoms with Crippen LogP contribution in [0.2, 0.25) is 0 Å². The van der Waals surface area contributed by atoms with Gasteiger partial charge in [-0.3, -0.25) is 0 Å². The summed E-state index contributed by atoms with van der Waals surface area (Å²) in [6.07, 6.45) is 0.670. The Morgan fingerprint density at radius 1 is 1.24 bits per heavy atom. The molecule has 21 heavy (non-hydrogen) atoms. The fourth-order valence-electron chi connectivity index (χ4n) is 2.12. The molecule has 0 fully saturated rings. The van der Waals surface area contributed by atoms with Gasteiger partial charge in [-0.15, -0.1) is 0 Å².